The van der Waals surface area contributed by atoms with Crippen LogP contribution in [0.15, 0.2) is 35.3 Å². The van der Waals surface area contributed by atoms with E-state index in [0.717, 1.165) is 27.9 Å². The Labute approximate surface area is 145 Å². The predicted molar refractivity (Wildman–Crippen MR) is 86.9 cm³/mol. The quantitative estimate of drug-likeness (QED) is 0.708. The molecule has 0 atom stereocenters. The van der Waals surface area contributed by atoms with Gasteiger partial charge in [-0.05, 0) is 13.0 Å². The van der Waals surface area contributed by atoms with E-state index >= 15 is 0 Å². The first-order chi connectivity index (χ1) is 12.3. The Balaban J connectivity index is 1.51. The fourth-order valence-corrected chi connectivity index (χ4v) is 3.09. The summed E-state index contributed by atoms with van der Waals surface area (Å²) >= 11 is 0. The molecule has 3 aromatic rings. The van der Waals surface area contributed by atoms with Crippen molar-refractivity contribution in [2.75, 3.05) is 18.0 Å². The standard InChI is InChI=1S/C16H15F3N6O/c1-10-6-14(25-13(21-10)4-5-20-25)23-7-11(8-23)9-24-15(26)3-2-12(22-24)16(17,18)19/h2-6,11H,7-9H2,1H3. The number of halogens is 3. The molecular formula is C16H15F3N6O. The maximum absolute atomic E-state index is 12.8. The van der Waals surface area contributed by atoms with Crippen LogP contribution in [-0.4, -0.2) is 37.5 Å². The third-order valence-electron chi connectivity index (χ3n) is 4.34. The lowest BCUT2D eigenvalue weighted by molar-refractivity contribution is -0.142. The second-order valence-electron chi connectivity index (χ2n) is 6.36. The molecule has 1 saturated heterocycles. The van der Waals surface area contributed by atoms with E-state index in [1.54, 1.807) is 16.8 Å². The summed E-state index contributed by atoms with van der Waals surface area (Å²) in [6.45, 7) is 3.23. The SMILES string of the molecule is Cc1cc(N2CC(Cn3nc(C(F)(F)F)ccc3=O)C2)n2nccc2n1. The summed E-state index contributed by atoms with van der Waals surface area (Å²) in [6, 6.07) is 5.33. The Hall–Kier alpha value is -2.91. The molecule has 0 bridgehead atoms. The first kappa shape index (κ1) is 16.6. The molecular weight excluding hydrogens is 349 g/mol. The zero-order valence-corrected chi connectivity index (χ0v) is 13.8. The summed E-state index contributed by atoms with van der Waals surface area (Å²) in [4.78, 5) is 18.2. The van der Waals surface area contributed by atoms with Crippen molar-refractivity contribution >= 4 is 11.5 Å². The largest absolute Gasteiger partial charge is 0.435 e. The first-order valence-corrected chi connectivity index (χ1v) is 8.03. The molecule has 136 valence electrons. The van der Waals surface area contributed by atoms with E-state index in [2.05, 4.69) is 20.1 Å². The van der Waals surface area contributed by atoms with Crippen LogP contribution in [0.2, 0.25) is 0 Å². The van der Waals surface area contributed by atoms with E-state index in [1.165, 1.54) is 0 Å². The molecule has 0 N–H and O–H groups in total. The molecule has 26 heavy (non-hydrogen) atoms. The molecule has 0 radical (unpaired) electrons. The highest BCUT2D eigenvalue weighted by Crippen LogP contribution is 2.28. The van der Waals surface area contributed by atoms with E-state index in [9.17, 15) is 18.0 Å². The van der Waals surface area contributed by atoms with Crippen molar-refractivity contribution in [1.29, 1.82) is 0 Å². The van der Waals surface area contributed by atoms with Gasteiger partial charge in [-0.15, -0.1) is 0 Å². The van der Waals surface area contributed by atoms with E-state index in [-0.39, 0.29) is 12.5 Å². The van der Waals surface area contributed by atoms with Crippen LogP contribution in [-0.2, 0) is 12.7 Å². The lowest BCUT2D eigenvalue weighted by atomic mass is 10.0. The number of rotatable bonds is 3. The van der Waals surface area contributed by atoms with Gasteiger partial charge in [0, 0.05) is 42.9 Å². The summed E-state index contributed by atoms with van der Waals surface area (Å²) in [6.07, 6.45) is -2.91. The highest BCUT2D eigenvalue weighted by atomic mass is 19.4. The summed E-state index contributed by atoms with van der Waals surface area (Å²) in [5.74, 6) is 0.904. The molecule has 7 nitrogen and oxygen atoms in total. The van der Waals surface area contributed by atoms with E-state index < -0.39 is 17.4 Å². The van der Waals surface area contributed by atoms with Gasteiger partial charge < -0.3 is 4.90 Å². The number of aromatic nitrogens is 5. The van der Waals surface area contributed by atoms with Crippen LogP contribution in [0, 0.1) is 12.8 Å². The lowest BCUT2D eigenvalue weighted by Crippen LogP contribution is -2.50. The minimum atomic E-state index is -4.57. The minimum Gasteiger partial charge on any atom is -0.356 e. The van der Waals surface area contributed by atoms with Crippen LogP contribution >= 0.6 is 0 Å². The van der Waals surface area contributed by atoms with Gasteiger partial charge in [0.2, 0.25) is 0 Å². The summed E-state index contributed by atoms with van der Waals surface area (Å²) in [5.41, 5.74) is -0.00612. The fraction of sp³-hybridized carbons (Fsp3) is 0.375. The van der Waals surface area contributed by atoms with Crippen molar-refractivity contribution in [2.45, 2.75) is 19.6 Å². The van der Waals surface area contributed by atoms with Crippen LogP contribution in [0.4, 0.5) is 19.0 Å². The molecule has 4 rings (SSSR count). The van der Waals surface area contributed by atoms with Crippen LogP contribution in [0.25, 0.3) is 5.65 Å². The van der Waals surface area contributed by atoms with Gasteiger partial charge in [-0.3, -0.25) is 4.79 Å². The van der Waals surface area contributed by atoms with Crippen LogP contribution in [0.1, 0.15) is 11.4 Å². The Morgan fingerprint density at radius 2 is 2.00 bits per heavy atom. The number of hydrogen-bond donors (Lipinski definition) is 0. The average Bonchev–Trinajstić information content (AvgIpc) is 2.98. The minimum absolute atomic E-state index is 0.0303. The number of nitrogens with zero attached hydrogens (tertiary/aromatic N) is 6. The molecule has 3 aromatic heterocycles. The van der Waals surface area contributed by atoms with E-state index in [0.29, 0.717) is 19.2 Å². The molecule has 0 unspecified atom stereocenters. The van der Waals surface area contributed by atoms with Gasteiger partial charge in [-0.25, -0.2) is 9.67 Å². The molecule has 4 heterocycles. The highest BCUT2D eigenvalue weighted by molar-refractivity contribution is 5.52. The topological polar surface area (TPSA) is 68.3 Å². The van der Waals surface area contributed by atoms with Crippen molar-refractivity contribution in [2.24, 2.45) is 5.92 Å². The molecule has 0 aliphatic carbocycles. The summed E-state index contributed by atoms with van der Waals surface area (Å²) < 4.78 is 40.9. The van der Waals surface area contributed by atoms with Gasteiger partial charge in [-0.1, -0.05) is 0 Å². The zero-order valence-electron chi connectivity index (χ0n) is 13.8. The number of fused-ring (bicyclic) bond motifs is 1. The molecule has 0 saturated carbocycles. The third kappa shape index (κ3) is 2.91. The van der Waals surface area contributed by atoms with Gasteiger partial charge in [0.25, 0.3) is 5.56 Å². The summed E-state index contributed by atoms with van der Waals surface area (Å²) in [5, 5.41) is 7.70. The Bertz CT molecular complexity index is 1020. The van der Waals surface area contributed by atoms with Crippen LogP contribution in [0.3, 0.4) is 0 Å². The third-order valence-corrected chi connectivity index (χ3v) is 4.34. The second-order valence-corrected chi connectivity index (χ2v) is 6.36. The van der Waals surface area contributed by atoms with Crippen molar-refractivity contribution in [3.05, 3.63) is 52.2 Å². The van der Waals surface area contributed by atoms with Crippen molar-refractivity contribution in [3.8, 4) is 0 Å². The molecule has 1 aliphatic heterocycles. The Morgan fingerprint density at radius 1 is 1.23 bits per heavy atom. The molecule has 1 aliphatic rings. The normalized spacial score (nSPS) is 15.5. The molecule has 1 fully saturated rings. The van der Waals surface area contributed by atoms with Gasteiger partial charge in [0.15, 0.2) is 11.3 Å². The number of alkyl halides is 3. The maximum atomic E-state index is 12.8. The van der Waals surface area contributed by atoms with Gasteiger partial charge in [-0.2, -0.15) is 27.9 Å². The van der Waals surface area contributed by atoms with Crippen molar-refractivity contribution in [1.82, 2.24) is 24.4 Å². The Morgan fingerprint density at radius 3 is 2.73 bits per heavy atom. The second kappa shape index (κ2) is 5.82. The van der Waals surface area contributed by atoms with Crippen LogP contribution in [0.5, 0.6) is 0 Å². The number of aryl methyl sites for hydroxylation is 1. The molecule has 0 aromatic carbocycles. The van der Waals surface area contributed by atoms with E-state index in [4.69, 9.17) is 0 Å². The fourth-order valence-electron chi connectivity index (χ4n) is 3.09. The Kier molecular flexibility index (Phi) is 3.70. The highest BCUT2D eigenvalue weighted by Gasteiger charge is 2.34. The average molecular weight is 364 g/mol. The predicted octanol–water partition coefficient (Wildman–Crippen LogP) is 1.75. The van der Waals surface area contributed by atoms with Crippen molar-refractivity contribution < 1.29 is 13.2 Å². The summed E-state index contributed by atoms with van der Waals surface area (Å²) in [7, 11) is 0. The maximum Gasteiger partial charge on any atom is 0.435 e. The monoisotopic (exact) mass is 364 g/mol. The van der Waals surface area contributed by atoms with Crippen LogP contribution < -0.4 is 10.5 Å². The molecule has 10 heteroatoms. The van der Waals surface area contributed by atoms with Gasteiger partial charge in [0.1, 0.15) is 5.82 Å². The zero-order chi connectivity index (χ0) is 18.5. The van der Waals surface area contributed by atoms with Gasteiger partial charge >= 0.3 is 6.18 Å². The smallest absolute Gasteiger partial charge is 0.356 e. The number of hydrogen-bond acceptors (Lipinski definition) is 5. The van der Waals surface area contributed by atoms with Gasteiger partial charge in [0.05, 0.1) is 12.7 Å². The molecule has 0 amide bonds. The van der Waals surface area contributed by atoms with E-state index in [1.807, 2.05) is 13.0 Å². The molecule has 0 spiro atoms. The van der Waals surface area contributed by atoms with Crippen molar-refractivity contribution in [3.63, 3.8) is 0 Å². The first-order valence-electron chi connectivity index (χ1n) is 8.03. The lowest BCUT2D eigenvalue weighted by Gasteiger charge is -2.40. The number of anilines is 1.